The average molecular weight is 531 g/mol. The number of amides is 2. The fourth-order valence-corrected chi connectivity index (χ4v) is 4.54. The van der Waals surface area contributed by atoms with E-state index in [-0.39, 0.29) is 62.9 Å². The van der Waals surface area contributed by atoms with E-state index in [1.165, 1.54) is 16.2 Å². The highest BCUT2D eigenvalue weighted by atomic mass is 32.1. The van der Waals surface area contributed by atoms with Crippen LogP contribution in [0.3, 0.4) is 0 Å². The summed E-state index contributed by atoms with van der Waals surface area (Å²) >= 11 is 1.33. The molecule has 2 aromatic rings. The monoisotopic (exact) mass is 530 g/mol. The first-order valence-electron chi connectivity index (χ1n) is 11.1. The third kappa shape index (κ3) is 5.93. The number of hydroxylamine groups is 2. The lowest BCUT2D eigenvalue weighted by atomic mass is 10.1. The summed E-state index contributed by atoms with van der Waals surface area (Å²) in [6.45, 7) is 0.161. The predicted octanol–water partition coefficient (Wildman–Crippen LogP) is 3.18. The van der Waals surface area contributed by atoms with Gasteiger partial charge in [0.1, 0.15) is 16.8 Å². The van der Waals surface area contributed by atoms with Crippen LogP contribution in [-0.4, -0.2) is 73.1 Å². The SMILES string of the molecule is O=C(CC[C@H]1CN(c2cc(F)c(N3CCON(C(=O)Cc4nccs4)CC3)c(F)c2)C(=O)O1)C(F)F. The van der Waals surface area contributed by atoms with Gasteiger partial charge in [-0.05, 0) is 6.42 Å². The van der Waals surface area contributed by atoms with E-state index in [1.807, 2.05) is 0 Å². The summed E-state index contributed by atoms with van der Waals surface area (Å²) in [5.41, 5.74) is -0.434. The Morgan fingerprint density at radius 1 is 1.17 bits per heavy atom. The van der Waals surface area contributed by atoms with Crippen LogP contribution in [0.1, 0.15) is 17.8 Å². The van der Waals surface area contributed by atoms with Gasteiger partial charge >= 0.3 is 6.09 Å². The molecule has 4 rings (SSSR count). The van der Waals surface area contributed by atoms with Gasteiger partial charge in [0.25, 0.3) is 12.3 Å². The number of aromatic nitrogens is 1. The second-order valence-corrected chi connectivity index (χ2v) is 9.08. The predicted molar refractivity (Wildman–Crippen MR) is 120 cm³/mol. The van der Waals surface area contributed by atoms with Crippen molar-refractivity contribution in [1.29, 1.82) is 0 Å². The summed E-state index contributed by atoms with van der Waals surface area (Å²) in [5.74, 6) is -3.45. The number of thiazole rings is 1. The van der Waals surface area contributed by atoms with Gasteiger partial charge < -0.3 is 9.64 Å². The number of anilines is 2. The highest BCUT2D eigenvalue weighted by Gasteiger charge is 2.34. The lowest BCUT2D eigenvalue weighted by Gasteiger charge is -2.24. The Morgan fingerprint density at radius 2 is 1.92 bits per heavy atom. The summed E-state index contributed by atoms with van der Waals surface area (Å²) in [6.07, 6.45) is -3.83. The van der Waals surface area contributed by atoms with Crippen LogP contribution < -0.4 is 9.80 Å². The molecule has 14 heteroatoms. The van der Waals surface area contributed by atoms with E-state index in [9.17, 15) is 23.2 Å². The molecule has 0 bridgehead atoms. The molecule has 36 heavy (non-hydrogen) atoms. The molecule has 0 radical (unpaired) electrons. The van der Waals surface area contributed by atoms with E-state index in [0.29, 0.717) is 5.01 Å². The molecule has 0 N–H and O–H groups in total. The molecule has 0 aliphatic carbocycles. The topological polar surface area (TPSA) is 92.3 Å². The molecule has 2 aliphatic rings. The molecule has 0 unspecified atom stereocenters. The van der Waals surface area contributed by atoms with Crippen molar-refractivity contribution in [2.45, 2.75) is 31.8 Å². The van der Waals surface area contributed by atoms with Crippen LogP contribution in [0.2, 0.25) is 0 Å². The average Bonchev–Trinajstić information content (AvgIpc) is 3.40. The minimum atomic E-state index is -3.11. The summed E-state index contributed by atoms with van der Waals surface area (Å²) in [6, 6.07) is 1.95. The molecule has 1 aromatic carbocycles. The highest BCUT2D eigenvalue weighted by Crippen LogP contribution is 2.32. The number of cyclic esters (lactones) is 1. The van der Waals surface area contributed by atoms with Crippen LogP contribution in [0.5, 0.6) is 0 Å². The normalized spacial score (nSPS) is 18.5. The van der Waals surface area contributed by atoms with Gasteiger partial charge in [-0.15, -0.1) is 11.3 Å². The fourth-order valence-electron chi connectivity index (χ4n) is 3.93. The van der Waals surface area contributed by atoms with Crippen molar-refractivity contribution in [2.75, 3.05) is 42.6 Å². The third-order valence-electron chi connectivity index (χ3n) is 5.71. The van der Waals surface area contributed by atoms with Gasteiger partial charge in [-0.25, -0.2) is 32.4 Å². The second-order valence-electron chi connectivity index (χ2n) is 8.10. The zero-order chi connectivity index (χ0) is 25.8. The number of carbonyl (C=O) groups excluding carboxylic acids is 3. The van der Waals surface area contributed by atoms with Gasteiger partial charge in [0.05, 0.1) is 31.8 Å². The van der Waals surface area contributed by atoms with Gasteiger partial charge in [-0.3, -0.25) is 19.3 Å². The largest absolute Gasteiger partial charge is 0.444 e. The third-order valence-corrected chi connectivity index (χ3v) is 6.48. The van der Waals surface area contributed by atoms with Crippen LogP contribution in [0.15, 0.2) is 23.7 Å². The maximum absolute atomic E-state index is 15.0. The molecular formula is C22H22F4N4O5S. The molecule has 2 fully saturated rings. The van der Waals surface area contributed by atoms with Gasteiger partial charge in [0, 0.05) is 43.2 Å². The van der Waals surface area contributed by atoms with Crippen LogP contribution >= 0.6 is 11.3 Å². The summed E-state index contributed by atoms with van der Waals surface area (Å²) in [4.78, 5) is 47.7. The first-order valence-corrected chi connectivity index (χ1v) is 12.0. The summed E-state index contributed by atoms with van der Waals surface area (Å²) in [5, 5.41) is 3.53. The first kappa shape index (κ1) is 25.8. The minimum absolute atomic E-state index is 0.0156. The number of ketones is 1. The Hall–Kier alpha value is -3.26. The van der Waals surface area contributed by atoms with E-state index in [4.69, 9.17) is 9.57 Å². The molecule has 0 saturated carbocycles. The van der Waals surface area contributed by atoms with E-state index in [2.05, 4.69) is 4.98 Å². The number of benzene rings is 1. The molecule has 0 spiro atoms. The van der Waals surface area contributed by atoms with Crippen LogP contribution in [0.25, 0.3) is 0 Å². The smallest absolute Gasteiger partial charge is 0.414 e. The number of carbonyl (C=O) groups is 3. The Kier molecular flexibility index (Phi) is 8.04. The minimum Gasteiger partial charge on any atom is -0.444 e. The van der Waals surface area contributed by atoms with Crippen LogP contribution in [-0.2, 0) is 25.6 Å². The summed E-state index contributed by atoms with van der Waals surface area (Å²) < 4.78 is 59.9. The van der Waals surface area contributed by atoms with Gasteiger partial charge in [0.2, 0.25) is 0 Å². The van der Waals surface area contributed by atoms with Crippen molar-refractivity contribution in [3.63, 3.8) is 0 Å². The van der Waals surface area contributed by atoms with Crippen molar-refractivity contribution < 1.29 is 41.5 Å². The lowest BCUT2D eigenvalue weighted by Crippen LogP contribution is -2.35. The van der Waals surface area contributed by atoms with Crippen LogP contribution in [0, 0.1) is 11.6 Å². The molecule has 3 heterocycles. The Labute approximate surface area is 207 Å². The molecule has 2 amide bonds. The Balaban J connectivity index is 1.40. The second kappa shape index (κ2) is 11.2. The number of rotatable bonds is 8. The standard InChI is InChI=1S/C22H22F4N4O5S/c23-15-9-13(29-12-14(35-22(29)33)1-2-17(31)21(25)26)10-16(24)20(15)28-4-5-30(34-7-6-28)19(32)11-18-27-3-8-36-18/h3,8-10,14,21H,1-2,4-7,11-12H2/t14-/m0/s1. The van der Waals surface area contributed by atoms with Crippen molar-refractivity contribution in [3.05, 3.63) is 40.4 Å². The van der Waals surface area contributed by atoms with E-state index < -0.39 is 42.5 Å². The number of nitrogens with zero attached hydrogens (tertiary/aromatic N) is 4. The number of hydrogen-bond acceptors (Lipinski definition) is 8. The quantitative estimate of drug-likeness (QED) is 0.484. The maximum atomic E-state index is 15.0. The number of halogens is 4. The lowest BCUT2D eigenvalue weighted by molar-refractivity contribution is -0.181. The summed E-state index contributed by atoms with van der Waals surface area (Å²) in [7, 11) is 0. The Morgan fingerprint density at radius 3 is 2.58 bits per heavy atom. The Bertz CT molecular complexity index is 1100. The van der Waals surface area contributed by atoms with Crippen LogP contribution in [0.4, 0.5) is 33.7 Å². The first-order chi connectivity index (χ1) is 17.2. The number of alkyl halides is 2. The fraction of sp³-hybridized carbons (Fsp3) is 0.455. The molecule has 9 nitrogen and oxygen atoms in total. The number of hydrogen-bond donors (Lipinski definition) is 0. The van der Waals surface area contributed by atoms with Crippen molar-refractivity contribution in [2.24, 2.45) is 0 Å². The van der Waals surface area contributed by atoms with Crippen molar-refractivity contribution in [3.8, 4) is 0 Å². The van der Waals surface area contributed by atoms with Gasteiger partial charge in [-0.1, -0.05) is 0 Å². The van der Waals surface area contributed by atoms with E-state index >= 15 is 8.78 Å². The number of Topliss-reactive ketones (excluding diaryl/α,β-unsaturated/α-hetero) is 1. The van der Waals surface area contributed by atoms with Crippen molar-refractivity contribution >= 4 is 40.5 Å². The molecule has 2 saturated heterocycles. The molecule has 194 valence electrons. The molecular weight excluding hydrogens is 508 g/mol. The van der Waals surface area contributed by atoms with E-state index in [1.54, 1.807) is 11.6 Å². The van der Waals surface area contributed by atoms with Gasteiger partial charge in [0.15, 0.2) is 17.4 Å². The zero-order valence-electron chi connectivity index (χ0n) is 18.9. The molecule has 2 aliphatic heterocycles. The van der Waals surface area contributed by atoms with E-state index in [0.717, 1.165) is 22.1 Å². The van der Waals surface area contributed by atoms with Gasteiger partial charge in [-0.2, -0.15) is 0 Å². The molecule has 1 aromatic heterocycles. The number of ether oxygens (including phenoxy) is 1. The van der Waals surface area contributed by atoms with Crippen molar-refractivity contribution in [1.82, 2.24) is 10.0 Å². The zero-order valence-corrected chi connectivity index (χ0v) is 19.7. The maximum Gasteiger partial charge on any atom is 0.414 e. The highest BCUT2D eigenvalue weighted by molar-refractivity contribution is 7.09. The molecule has 1 atom stereocenters.